The minimum atomic E-state index is -1.08. The number of hydrogen-bond acceptors (Lipinski definition) is 5. The second kappa shape index (κ2) is 6.53. The summed E-state index contributed by atoms with van der Waals surface area (Å²) in [4.78, 5) is 23.9. The van der Waals surface area contributed by atoms with Gasteiger partial charge in [0.25, 0.3) is 0 Å². The number of nitrogens with one attached hydrogen (secondary N) is 1. The van der Waals surface area contributed by atoms with E-state index in [4.69, 9.17) is 5.11 Å². The molecule has 0 radical (unpaired) electrons. The summed E-state index contributed by atoms with van der Waals surface area (Å²) in [6.07, 6.45) is 0. The van der Waals surface area contributed by atoms with Gasteiger partial charge in [0, 0.05) is 4.90 Å². The summed E-state index contributed by atoms with van der Waals surface area (Å²) >= 11 is 2.38. The third kappa shape index (κ3) is 3.58. The highest BCUT2D eigenvalue weighted by molar-refractivity contribution is 8.00. The first-order valence-corrected chi connectivity index (χ1v) is 7.51. The molecule has 0 atom stereocenters. The molecule has 2 N–H and O–H groups in total. The lowest BCUT2D eigenvalue weighted by Crippen LogP contribution is -2.15. The van der Waals surface area contributed by atoms with Gasteiger partial charge in [-0.1, -0.05) is 18.2 Å². The van der Waals surface area contributed by atoms with Crippen LogP contribution in [0.5, 0.6) is 0 Å². The van der Waals surface area contributed by atoms with E-state index in [0.29, 0.717) is 5.69 Å². The fourth-order valence-corrected chi connectivity index (χ4v) is 3.06. The number of amides is 1. The van der Waals surface area contributed by atoms with Gasteiger partial charge >= 0.3 is 5.97 Å². The summed E-state index contributed by atoms with van der Waals surface area (Å²) in [6.45, 7) is 1.61. The molecule has 0 aliphatic heterocycles. The van der Waals surface area contributed by atoms with Crippen LogP contribution in [0.4, 0.5) is 5.00 Å². The number of hydrogen-bond donors (Lipinski definition) is 2. The van der Waals surface area contributed by atoms with E-state index in [0.717, 1.165) is 16.4 Å². The van der Waals surface area contributed by atoms with E-state index < -0.39 is 5.97 Å². The maximum absolute atomic E-state index is 11.8. The zero-order valence-electron chi connectivity index (χ0n) is 10.6. The molecule has 20 heavy (non-hydrogen) atoms. The van der Waals surface area contributed by atoms with Gasteiger partial charge in [0.05, 0.1) is 11.4 Å². The molecule has 5 nitrogen and oxygen atoms in total. The zero-order chi connectivity index (χ0) is 14.5. The molecule has 1 aromatic carbocycles. The van der Waals surface area contributed by atoms with Crippen molar-refractivity contribution in [2.24, 2.45) is 0 Å². The molecule has 0 spiro atoms. The van der Waals surface area contributed by atoms with Crippen molar-refractivity contribution in [2.75, 3.05) is 11.1 Å². The Morgan fingerprint density at radius 3 is 2.70 bits per heavy atom. The largest absolute Gasteiger partial charge is 0.478 e. The lowest BCUT2D eigenvalue weighted by atomic mass is 10.2. The third-order valence-corrected chi connectivity index (χ3v) is 4.31. The summed E-state index contributed by atoms with van der Waals surface area (Å²) in [5.41, 5.74) is 0.474. The molecular formula is C13H12N2O3S2. The standard InChI is InChI=1S/C13H12N2O3S2/c1-8-11(13(17)18)12(20-15-8)14-10(16)7-19-9-5-3-2-4-6-9/h2-6H,7H2,1H3,(H,14,16)(H,17,18). The lowest BCUT2D eigenvalue weighted by molar-refractivity contribution is -0.113. The highest BCUT2D eigenvalue weighted by atomic mass is 32.2. The molecule has 0 bridgehead atoms. The third-order valence-electron chi connectivity index (χ3n) is 2.44. The molecule has 0 aliphatic carbocycles. The van der Waals surface area contributed by atoms with Gasteiger partial charge < -0.3 is 10.4 Å². The van der Waals surface area contributed by atoms with Crippen LogP contribution >= 0.6 is 23.3 Å². The molecule has 1 amide bonds. The van der Waals surface area contributed by atoms with Crippen LogP contribution < -0.4 is 5.32 Å². The molecule has 2 rings (SSSR count). The van der Waals surface area contributed by atoms with Gasteiger partial charge in [0.2, 0.25) is 5.91 Å². The van der Waals surface area contributed by atoms with Crippen molar-refractivity contribution in [2.45, 2.75) is 11.8 Å². The van der Waals surface area contributed by atoms with Crippen molar-refractivity contribution in [3.63, 3.8) is 0 Å². The van der Waals surface area contributed by atoms with Crippen molar-refractivity contribution < 1.29 is 14.7 Å². The molecule has 0 unspecified atom stereocenters. The Kier molecular flexibility index (Phi) is 4.75. The number of aromatic carboxylic acids is 1. The Balaban J connectivity index is 1.97. The topological polar surface area (TPSA) is 79.3 Å². The van der Waals surface area contributed by atoms with Crippen LogP contribution in [0.3, 0.4) is 0 Å². The summed E-state index contributed by atoms with van der Waals surface area (Å²) in [7, 11) is 0. The number of carbonyl (C=O) groups is 2. The number of rotatable bonds is 5. The number of carboxylic acid groups (broad SMARTS) is 1. The van der Waals surface area contributed by atoms with Crippen molar-refractivity contribution in [3.05, 3.63) is 41.6 Å². The van der Waals surface area contributed by atoms with Crippen molar-refractivity contribution in [1.82, 2.24) is 4.37 Å². The van der Waals surface area contributed by atoms with Crippen LogP contribution in [0.2, 0.25) is 0 Å². The number of carbonyl (C=O) groups excluding carboxylic acids is 1. The zero-order valence-corrected chi connectivity index (χ0v) is 12.3. The smallest absolute Gasteiger partial charge is 0.340 e. The molecule has 1 aromatic heterocycles. The van der Waals surface area contributed by atoms with Crippen molar-refractivity contribution >= 4 is 40.2 Å². The van der Waals surface area contributed by atoms with E-state index in [-0.39, 0.29) is 22.2 Å². The first-order valence-electron chi connectivity index (χ1n) is 5.75. The molecule has 0 fully saturated rings. The Hall–Kier alpha value is -1.86. The summed E-state index contributed by atoms with van der Waals surface area (Å²) < 4.78 is 3.95. The minimum Gasteiger partial charge on any atom is -0.478 e. The van der Waals surface area contributed by atoms with Crippen LogP contribution in [0.25, 0.3) is 0 Å². The van der Waals surface area contributed by atoms with E-state index >= 15 is 0 Å². The monoisotopic (exact) mass is 308 g/mol. The fourth-order valence-electron chi connectivity index (χ4n) is 1.54. The highest BCUT2D eigenvalue weighted by Crippen LogP contribution is 2.25. The molecule has 104 valence electrons. The minimum absolute atomic E-state index is 0.0630. The van der Waals surface area contributed by atoms with Gasteiger partial charge in [-0.05, 0) is 30.6 Å². The summed E-state index contributed by atoms with van der Waals surface area (Å²) in [5.74, 6) is -1.10. The number of aromatic nitrogens is 1. The Morgan fingerprint density at radius 1 is 1.35 bits per heavy atom. The Morgan fingerprint density at radius 2 is 2.05 bits per heavy atom. The second-order valence-corrected chi connectivity index (χ2v) is 5.75. The first kappa shape index (κ1) is 14.5. The number of thioether (sulfide) groups is 1. The number of benzene rings is 1. The molecule has 1 heterocycles. The van der Waals surface area contributed by atoms with Gasteiger partial charge in [-0.3, -0.25) is 4.79 Å². The average molecular weight is 308 g/mol. The van der Waals surface area contributed by atoms with E-state index in [1.165, 1.54) is 11.8 Å². The summed E-state index contributed by atoms with van der Waals surface area (Å²) in [6, 6.07) is 9.53. The van der Waals surface area contributed by atoms with Crippen molar-refractivity contribution in [3.8, 4) is 0 Å². The molecule has 7 heteroatoms. The molecule has 0 saturated heterocycles. The number of nitrogens with zero attached hydrogens (tertiary/aromatic N) is 1. The van der Waals surface area contributed by atoms with Gasteiger partial charge in [0.1, 0.15) is 10.6 Å². The van der Waals surface area contributed by atoms with Crippen LogP contribution in [0.1, 0.15) is 16.1 Å². The predicted molar refractivity (Wildman–Crippen MR) is 79.6 cm³/mol. The molecular weight excluding hydrogens is 296 g/mol. The maximum Gasteiger partial charge on any atom is 0.340 e. The van der Waals surface area contributed by atoms with Gasteiger partial charge in [-0.2, -0.15) is 4.37 Å². The number of carboxylic acids is 1. The maximum atomic E-state index is 11.8. The molecule has 2 aromatic rings. The van der Waals surface area contributed by atoms with E-state index in [9.17, 15) is 9.59 Å². The van der Waals surface area contributed by atoms with Gasteiger partial charge in [-0.15, -0.1) is 11.8 Å². The van der Waals surface area contributed by atoms with E-state index in [1.807, 2.05) is 30.3 Å². The SMILES string of the molecule is Cc1nsc(NC(=O)CSc2ccccc2)c1C(=O)O. The van der Waals surface area contributed by atoms with Gasteiger partial charge in [0.15, 0.2) is 0 Å². The van der Waals surface area contributed by atoms with Crippen LogP contribution in [0.15, 0.2) is 35.2 Å². The lowest BCUT2D eigenvalue weighted by Gasteiger charge is -2.04. The number of anilines is 1. The van der Waals surface area contributed by atoms with Crippen LogP contribution in [-0.2, 0) is 4.79 Å². The molecule has 0 saturated carbocycles. The Labute approximate surface area is 124 Å². The Bertz CT molecular complexity index is 626. The van der Waals surface area contributed by atoms with E-state index in [2.05, 4.69) is 9.69 Å². The van der Waals surface area contributed by atoms with Crippen LogP contribution in [-0.4, -0.2) is 27.1 Å². The summed E-state index contributed by atoms with van der Waals surface area (Å²) in [5, 5.41) is 12.0. The highest BCUT2D eigenvalue weighted by Gasteiger charge is 2.19. The van der Waals surface area contributed by atoms with Crippen LogP contribution in [0, 0.1) is 6.92 Å². The van der Waals surface area contributed by atoms with Crippen molar-refractivity contribution in [1.29, 1.82) is 0 Å². The first-order chi connectivity index (χ1) is 9.58. The normalized spacial score (nSPS) is 10.2. The number of aryl methyl sites for hydroxylation is 1. The molecule has 0 aliphatic rings. The average Bonchev–Trinajstić information content (AvgIpc) is 2.78. The fraction of sp³-hybridized carbons (Fsp3) is 0.154. The van der Waals surface area contributed by atoms with Gasteiger partial charge in [-0.25, -0.2) is 4.79 Å². The van der Waals surface area contributed by atoms with E-state index in [1.54, 1.807) is 6.92 Å². The predicted octanol–water partition coefficient (Wildman–Crippen LogP) is 2.88. The quantitative estimate of drug-likeness (QED) is 0.830. The second-order valence-electron chi connectivity index (χ2n) is 3.93.